The number of hydrogen-bond acceptors (Lipinski definition) is 3. The van der Waals surface area contributed by atoms with Gasteiger partial charge in [-0.25, -0.2) is 8.42 Å². The van der Waals surface area contributed by atoms with Gasteiger partial charge in [0.25, 0.3) is 0 Å². The summed E-state index contributed by atoms with van der Waals surface area (Å²) in [7, 11) is -3.19. The first-order valence-electron chi connectivity index (χ1n) is 4.51. The van der Waals surface area contributed by atoms with Crippen LogP contribution in [0.5, 0.6) is 0 Å². The molecule has 1 unspecified atom stereocenters. The van der Waals surface area contributed by atoms with Crippen molar-refractivity contribution >= 4 is 10.0 Å². The lowest BCUT2D eigenvalue weighted by Crippen LogP contribution is -2.35. The molecule has 1 aliphatic rings. The van der Waals surface area contributed by atoms with Gasteiger partial charge in [-0.15, -0.1) is 0 Å². The molecule has 1 saturated carbocycles. The summed E-state index contributed by atoms with van der Waals surface area (Å²) in [6.45, 7) is 1.93. The third kappa shape index (κ3) is 2.98. The van der Waals surface area contributed by atoms with Gasteiger partial charge in [0.2, 0.25) is 10.0 Å². The van der Waals surface area contributed by atoms with E-state index in [2.05, 4.69) is 4.72 Å². The molecule has 1 N–H and O–H groups in total. The Kier molecular flexibility index (Phi) is 3.28. The summed E-state index contributed by atoms with van der Waals surface area (Å²) in [5, 5.41) is 8.41. The van der Waals surface area contributed by atoms with Gasteiger partial charge in [0.15, 0.2) is 0 Å². The summed E-state index contributed by atoms with van der Waals surface area (Å²) in [6.07, 6.45) is 2.87. The molecule has 0 amide bonds. The Balaban J connectivity index is 2.50. The van der Waals surface area contributed by atoms with E-state index in [1.165, 1.54) is 0 Å². The average molecular weight is 202 g/mol. The van der Waals surface area contributed by atoms with Crippen LogP contribution in [0.2, 0.25) is 0 Å². The van der Waals surface area contributed by atoms with E-state index in [-0.39, 0.29) is 5.25 Å². The monoisotopic (exact) mass is 202 g/mol. The van der Waals surface area contributed by atoms with E-state index in [1.54, 1.807) is 0 Å². The van der Waals surface area contributed by atoms with Crippen LogP contribution in [0.4, 0.5) is 0 Å². The van der Waals surface area contributed by atoms with Gasteiger partial charge < -0.3 is 0 Å². The lowest BCUT2D eigenvalue weighted by atomic mass is 10.2. The first-order valence-corrected chi connectivity index (χ1v) is 6.05. The number of nitriles is 1. The molecule has 5 heteroatoms. The normalized spacial score (nSPS) is 19.4. The number of hydrogen-bond donors (Lipinski definition) is 1. The highest BCUT2D eigenvalue weighted by atomic mass is 32.2. The number of nitrogens with one attached hydrogen (secondary N) is 1. The molecule has 0 aromatic heterocycles. The zero-order chi connectivity index (χ0) is 9.90. The Morgan fingerprint density at radius 3 is 2.62 bits per heavy atom. The summed E-state index contributed by atoms with van der Waals surface area (Å²) in [5.41, 5.74) is 0. The second-order valence-corrected chi connectivity index (χ2v) is 5.32. The van der Waals surface area contributed by atoms with Crippen LogP contribution in [0.15, 0.2) is 0 Å². The molecule has 0 radical (unpaired) electrons. The van der Waals surface area contributed by atoms with Gasteiger partial charge in [0, 0.05) is 0 Å². The molecule has 4 nitrogen and oxygen atoms in total. The lowest BCUT2D eigenvalue weighted by molar-refractivity contribution is 0.561. The van der Waals surface area contributed by atoms with Gasteiger partial charge in [0.1, 0.15) is 6.04 Å². The number of nitrogens with zero attached hydrogens (tertiary/aromatic N) is 1. The highest BCUT2D eigenvalue weighted by molar-refractivity contribution is 7.90. The standard InChI is InChI=1S/C8H14N2O2S/c1-2-3-7(6-9)10-13(11,12)8-4-5-8/h7-8,10H,2-5H2,1H3. The lowest BCUT2D eigenvalue weighted by Gasteiger charge is -2.09. The average Bonchev–Trinajstić information content (AvgIpc) is 2.85. The Morgan fingerprint density at radius 1 is 1.62 bits per heavy atom. The van der Waals surface area contributed by atoms with Crippen molar-refractivity contribution in [3.8, 4) is 6.07 Å². The predicted octanol–water partition coefficient (Wildman–Crippen LogP) is 0.760. The zero-order valence-electron chi connectivity index (χ0n) is 7.66. The first-order chi connectivity index (χ1) is 6.10. The van der Waals surface area contributed by atoms with Crippen LogP contribution in [0.1, 0.15) is 32.6 Å². The second-order valence-electron chi connectivity index (χ2n) is 3.33. The second kappa shape index (κ2) is 4.07. The van der Waals surface area contributed by atoms with Crippen LogP contribution >= 0.6 is 0 Å². The largest absolute Gasteiger partial charge is 0.215 e. The van der Waals surface area contributed by atoms with Crippen molar-refractivity contribution in [2.24, 2.45) is 0 Å². The van der Waals surface area contributed by atoms with Crippen molar-refractivity contribution in [2.45, 2.75) is 43.9 Å². The van der Waals surface area contributed by atoms with Crippen molar-refractivity contribution in [3.63, 3.8) is 0 Å². The molecule has 0 aromatic carbocycles. The van der Waals surface area contributed by atoms with E-state index in [4.69, 9.17) is 5.26 Å². The molecule has 0 saturated heterocycles. The Hall–Kier alpha value is -0.600. The molecule has 1 fully saturated rings. The van der Waals surface area contributed by atoms with Gasteiger partial charge in [-0.2, -0.15) is 9.98 Å². The summed E-state index contributed by atoms with van der Waals surface area (Å²) < 4.78 is 25.2. The van der Waals surface area contributed by atoms with Crippen molar-refractivity contribution in [2.75, 3.05) is 0 Å². The quantitative estimate of drug-likeness (QED) is 0.715. The third-order valence-electron chi connectivity index (χ3n) is 2.00. The topological polar surface area (TPSA) is 70.0 Å². The molecule has 13 heavy (non-hydrogen) atoms. The maximum atomic E-state index is 11.4. The molecule has 1 rings (SSSR count). The van der Waals surface area contributed by atoms with Crippen molar-refractivity contribution in [1.29, 1.82) is 5.26 Å². The van der Waals surface area contributed by atoms with E-state index in [9.17, 15) is 8.42 Å². The first kappa shape index (κ1) is 10.5. The molecule has 0 aromatic rings. The van der Waals surface area contributed by atoms with Crippen LogP contribution in [-0.4, -0.2) is 19.7 Å². The smallest absolute Gasteiger partial charge is 0.212 e. The van der Waals surface area contributed by atoms with Gasteiger partial charge in [0.05, 0.1) is 11.3 Å². The Bertz CT molecular complexity index is 301. The fourth-order valence-corrected chi connectivity index (χ4v) is 2.63. The van der Waals surface area contributed by atoms with Crippen molar-refractivity contribution < 1.29 is 8.42 Å². The van der Waals surface area contributed by atoms with Gasteiger partial charge in [-0.3, -0.25) is 0 Å². The molecule has 1 atom stereocenters. The minimum absolute atomic E-state index is 0.236. The summed E-state index contributed by atoms with van der Waals surface area (Å²) >= 11 is 0. The maximum absolute atomic E-state index is 11.4. The highest BCUT2D eigenvalue weighted by Gasteiger charge is 2.36. The minimum atomic E-state index is -3.19. The van der Waals surface area contributed by atoms with Crippen LogP contribution in [0.25, 0.3) is 0 Å². The van der Waals surface area contributed by atoms with Crippen molar-refractivity contribution in [1.82, 2.24) is 4.72 Å². The van der Waals surface area contributed by atoms with Crippen LogP contribution < -0.4 is 4.72 Å². The number of rotatable bonds is 5. The Labute approximate surface area is 79.0 Å². The van der Waals surface area contributed by atoms with Crippen molar-refractivity contribution in [3.05, 3.63) is 0 Å². The molecular weight excluding hydrogens is 188 g/mol. The maximum Gasteiger partial charge on any atom is 0.215 e. The van der Waals surface area contributed by atoms with E-state index in [0.29, 0.717) is 6.42 Å². The van der Waals surface area contributed by atoms with E-state index < -0.39 is 16.1 Å². The molecule has 0 bridgehead atoms. The molecule has 0 aliphatic heterocycles. The van der Waals surface area contributed by atoms with Gasteiger partial charge in [-0.05, 0) is 19.3 Å². The highest BCUT2D eigenvalue weighted by Crippen LogP contribution is 2.27. The Morgan fingerprint density at radius 2 is 2.23 bits per heavy atom. The van der Waals surface area contributed by atoms with Crippen LogP contribution in [0.3, 0.4) is 0 Å². The molecular formula is C8H14N2O2S. The van der Waals surface area contributed by atoms with Crippen LogP contribution in [0, 0.1) is 11.3 Å². The SMILES string of the molecule is CCCC(C#N)NS(=O)(=O)C1CC1. The van der Waals surface area contributed by atoms with Crippen LogP contribution in [-0.2, 0) is 10.0 Å². The summed E-state index contributed by atoms with van der Waals surface area (Å²) in [5.74, 6) is 0. The fraction of sp³-hybridized carbons (Fsp3) is 0.875. The van der Waals surface area contributed by atoms with E-state index in [0.717, 1.165) is 19.3 Å². The van der Waals surface area contributed by atoms with E-state index >= 15 is 0 Å². The zero-order valence-corrected chi connectivity index (χ0v) is 8.47. The fourth-order valence-electron chi connectivity index (χ4n) is 1.11. The number of sulfonamides is 1. The van der Waals surface area contributed by atoms with E-state index in [1.807, 2.05) is 13.0 Å². The van der Waals surface area contributed by atoms with Gasteiger partial charge >= 0.3 is 0 Å². The minimum Gasteiger partial charge on any atom is -0.212 e. The molecule has 0 spiro atoms. The molecule has 74 valence electrons. The third-order valence-corrected chi connectivity index (χ3v) is 3.97. The molecule has 0 heterocycles. The molecule has 1 aliphatic carbocycles. The summed E-state index contributed by atoms with van der Waals surface area (Å²) in [4.78, 5) is 0. The predicted molar refractivity (Wildman–Crippen MR) is 49.4 cm³/mol. The van der Waals surface area contributed by atoms with Gasteiger partial charge in [-0.1, -0.05) is 13.3 Å². The summed E-state index contributed by atoms with van der Waals surface area (Å²) in [6, 6.07) is 1.41.